The number of thioether (sulfide) groups is 1. The van der Waals surface area contributed by atoms with Crippen LogP contribution in [0.25, 0.3) is 5.69 Å². The molecule has 1 unspecified atom stereocenters. The maximum absolute atomic E-state index is 13.8. The number of halogens is 3. The molecule has 14 heteroatoms. The van der Waals surface area contributed by atoms with Crippen LogP contribution in [0.2, 0.25) is 0 Å². The summed E-state index contributed by atoms with van der Waals surface area (Å²) in [5, 5.41) is 17.3. The van der Waals surface area contributed by atoms with Gasteiger partial charge in [-0.15, -0.1) is 10.2 Å². The second kappa shape index (κ2) is 13.8. The second-order valence-electron chi connectivity index (χ2n) is 10.9. The Morgan fingerprint density at radius 3 is 2.48 bits per heavy atom. The monoisotopic (exact) mass is 674 g/mol. The summed E-state index contributed by atoms with van der Waals surface area (Å²) < 4.78 is 52.8. The number of hydrazone groups is 1. The third kappa shape index (κ3) is 7.13. The zero-order chi connectivity index (χ0) is 33.8. The number of hydrogen-bond acceptors (Lipinski definition) is 8. The summed E-state index contributed by atoms with van der Waals surface area (Å²) in [5.74, 6) is -0.102. The van der Waals surface area contributed by atoms with Gasteiger partial charge in [0.05, 0.1) is 48.7 Å². The number of aromatic nitrogens is 3. The highest BCUT2D eigenvalue weighted by Gasteiger charge is 2.34. The van der Waals surface area contributed by atoms with Crippen LogP contribution >= 0.6 is 11.8 Å². The number of nitrogens with zero attached hydrogens (tertiary/aromatic N) is 5. The van der Waals surface area contributed by atoms with E-state index in [-0.39, 0.29) is 46.7 Å². The fourth-order valence-corrected chi connectivity index (χ4v) is 6.01. The molecule has 48 heavy (non-hydrogen) atoms. The van der Waals surface area contributed by atoms with Crippen LogP contribution in [0.5, 0.6) is 5.75 Å². The fourth-order valence-electron chi connectivity index (χ4n) is 5.18. The van der Waals surface area contributed by atoms with Crippen molar-refractivity contribution in [3.05, 3.63) is 125 Å². The van der Waals surface area contributed by atoms with E-state index in [0.29, 0.717) is 12.2 Å². The highest BCUT2D eigenvalue weighted by Crippen LogP contribution is 2.35. The summed E-state index contributed by atoms with van der Waals surface area (Å²) >= 11 is 1.00. The van der Waals surface area contributed by atoms with Gasteiger partial charge in [-0.2, -0.15) is 18.3 Å². The van der Waals surface area contributed by atoms with E-state index in [1.807, 2.05) is 55.5 Å². The Labute approximate surface area is 277 Å². The summed E-state index contributed by atoms with van der Waals surface area (Å²) in [6.45, 7) is 1.81. The van der Waals surface area contributed by atoms with Crippen LogP contribution in [0.15, 0.2) is 106 Å². The molecule has 246 valence electrons. The fraction of sp³-hybridized carbons (Fsp3) is 0.206. The average molecular weight is 675 g/mol. The normalized spacial score (nSPS) is 14.6. The minimum Gasteiger partial charge on any atom is -0.497 e. The Kier molecular flexibility index (Phi) is 9.35. The first-order valence-electron chi connectivity index (χ1n) is 14.8. The zero-order valence-corrected chi connectivity index (χ0v) is 26.6. The highest BCUT2D eigenvalue weighted by atomic mass is 32.2. The minimum absolute atomic E-state index is 0.0589. The molecule has 0 bridgehead atoms. The predicted molar refractivity (Wildman–Crippen MR) is 172 cm³/mol. The van der Waals surface area contributed by atoms with Gasteiger partial charge in [0.2, 0.25) is 0 Å². The van der Waals surface area contributed by atoms with Gasteiger partial charge in [0.25, 0.3) is 11.8 Å². The lowest BCUT2D eigenvalue weighted by Gasteiger charge is -2.22. The van der Waals surface area contributed by atoms with E-state index >= 15 is 0 Å². The van der Waals surface area contributed by atoms with Gasteiger partial charge in [-0.25, -0.2) is 5.01 Å². The molecule has 0 radical (unpaired) electrons. The van der Waals surface area contributed by atoms with Crippen molar-refractivity contribution in [1.82, 2.24) is 25.1 Å². The smallest absolute Gasteiger partial charge is 0.416 e. The van der Waals surface area contributed by atoms with Crippen LogP contribution in [0.3, 0.4) is 0 Å². The number of benzene rings is 3. The summed E-state index contributed by atoms with van der Waals surface area (Å²) in [6, 6.07) is 22.6. The molecule has 0 fully saturated rings. The maximum atomic E-state index is 13.8. The predicted octanol–water partition coefficient (Wildman–Crippen LogP) is 6.60. The van der Waals surface area contributed by atoms with Gasteiger partial charge in [0.1, 0.15) is 5.75 Å². The van der Waals surface area contributed by atoms with Crippen molar-refractivity contribution in [3.8, 4) is 11.4 Å². The van der Waals surface area contributed by atoms with Crippen LogP contribution < -0.4 is 10.1 Å². The van der Waals surface area contributed by atoms with E-state index in [0.717, 1.165) is 46.3 Å². The number of ether oxygens (including phenoxy) is 1. The van der Waals surface area contributed by atoms with Gasteiger partial charge in [0.15, 0.2) is 16.7 Å². The van der Waals surface area contributed by atoms with E-state index in [1.165, 1.54) is 34.0 Å². The molecular formula is C34H29F3N6O4S. The van der Waals surface area contributed by atoms with Gasteiger partial charge < -0.3 is 14.5 Å². The van der Waals surface area contributed by atoms with Gasteiger partial charge in [-0.1, -0.05) is 47.7 Å². The number of amides is 2. The summed E-state index contributed by atoms with van der Waals surface area (Å²) in [4.78, 5) is 26.4. The third-order valence-corrected chi connectivity index (χ3v) is 8.57. The van der Waals surface area contributed by atoms with Crippen LogP contribution in [-0.2, 0) is 17.5 Å². The van der Waals surface area contributed by atoms with Crippen molar-refractivity contribution in [2.45, 2.75) is 37.3 Å². The van der Waals surface area contributed by atoms with Crippen LogP contribution in [-0.4, -0.2) is 50.2 Å². The van der Waals surface area contributed by atoms with E-state index in [4.69, 9.17) is 14.3 Å². The number of carbonyl (C=O) groups is 2. The molecule has 0 saturated carbocycles. The Bertz CT molecular complexity index is 1940. The number of alkyl halides is 3. The van der Waals surface area contributed by atoms with E-state index in [1.54, 1.807) is 13.2 Å². The lowest BCUT2D eigenvalue weighted by molar-refractivity contribution is -0.137. The molecule has 2 aromatic heterocycles. The number of aryl methyl sites for hydroxylation is 1. The molecule has 2 amide bonds. The van der Waals surface area contributed by atoms with Gasteiger partial charge in [-0.05, 0) is 72.6 Å². The second-order valence-corrected chi connectivity index (χ2v) is 11.8. The number of rotatable bonds is 10. The highest BCUT2D eigenvalue weighted by molar-refractivity contribution is 7.99. The first-order valence-corrected chi connectivity index (χ1v) is 15.8. The lowest BCUT2D eigenvalue weighted by atomic mass is 9.97. The molecule has 3 heterocycles. The average Bonchev–Trinajstić information content (AvgIpc) is 3.87. The van der Waals surface area contributed by atoms with E-state index in [9.17, 15) is 22.8 Å². The Balaban J connectivity index is 1.28. The molecule has 6 rings (SSSR count). The van der Waals surface area contributed by atoms with Gasteiger partial charge in [-0.3, -0.25) is 14.2 Å². The molecule has 5 aromatic rings. The van der Waals surface area contributed by atoms with Gasteiger partial charge >= 0.3 is 6.18 Å². The number of carbonyl (C=O) groups excluding carboxylic acids is 2. The largest absolute Gasteiger partial charge is 0.497 e. The lowest BCUT2D eigenvalue weighted by Crippen LogP contribution is -2.28. The number of methoxy groups -OCH3 is 1. The molecule has 10 nitrogen and oxygen atoms in total. The topological polar surface area (TPSA) is 115 Å². The first-order chi connectivity index (χ1) is 23.1. The molecular weight excluding hydrogens is 645 g/mol. The van der Waals surface area contributed by atoms with Crippen molar-refractivity contribution < 1.29 is 31.9 Å². The SMILES string of the molecule is COc1ccc(C2=NN(C(=O)CSc3nnc(CNC(=O)c4ccco4)n3-c3cccc(C(F)(F)F)c3)C(c3ccc(C)cc3)C2)cc1. The molecule has 1 N–H and O–H groups in total. The Morgan fingerprint density at radius 1 is 1.02 bits per heavy atom. The van der Waals surface area contributed by atoms with Crippen molar-refractivity contribution in [2.75, 3.05) is 12.9 Å². The van der Waals surface area contributed by atoms with Crippen molar-refractivity contribution in [1.29, 1.82) is 0 Å². The number of nitrogens with one attached hydrogen (secondary N) is 1. The van der Waals surface area contributed by atoms with E-state index in [2.05, 4.69) is 15.5 Å². The van der Waals surface area contributed by atoms with Crippen molar-refractivity contribution in [2.24, 2.45) is 5.10 Å². The third-order valence-electron chi connectivity index (χ3n) is 7.66. The molecule has 0 aliphatic carbocycles. The molecule has 1 aliphatic rings. The number of hydrogen-bond donors (Lipinski definition) is 1. The van der Waals surface area contributed by atoms with Crippen LogP contribution in [0, 0.1) is 6.92 Å². The molecule has 3 aromatic carbocycles. The first kappa shape index (κ1) is 32.6. The summed E-state index contributed by atoms with van der Waals surface area (Å²) in [5.41, 5.74) is 2.81. The van der Waals surface area contributed by atoms with Crippen molar-refractivity contribution >= 4 is 29.3 Å². The zero-order valence-electron chi connectivity index (χ0n) is 25.8. The Morgan fingerprint density at radius 2 is 1.79 bits per heavy atom. The summed E-state index contributed by atoms with van der Waals surface area (Å²) in [7, 11) is 1.58. The van der Waals surface area contributed by atoms with Crippen LogP contribution in [0.4, 0.5) is 13.2 Å². The minimum atomic E-state index is -4.60. The standard InChI is InChI=1S/C34H29F3N6O4S/c1-21-8-10-23(11-9-21)28-18-27(22-12-14-26(46-2)15-13-22)41-43(28)31(44)20-48-33-40-39-30(19-38-32(45)29-7-4-16-47-29)42(33)25-6-3-5-24(17-25)34(35,36)37/h3-17,28H,18-20H2,1-2H3,(H,38,45). The van der Waals surface area contributed by atoms with Crippen molar-refractivity contribution in [3.63, 3.8) is 0 Å². The van der Waals surface area contributed by atoms with Crippen LogP contribution in [0.1, 0.15) is 51.1 Å². The number of furan rings is 1. The quantitative estimate of drug-likeness (QED) is 0.166. The molecule has 0 saturated heterocycles. The van der Waals surface area contributed by atoms with Gasteiger partial charge in [0, 0.05) is 6.42 Å². The molecule has 1 aliphatic heterocycles. The summed E-state index contributed by atoms with van der Waals surface area (Å²) in [6.07, 6.45) is -2.77. The molecule has 0 spiro atoms. The Hall–Kier alpha value is -5.37. The molecule has 1 atom stereocenters. The maximum Gasteiger partial charge on any atom is 0.416 e. The van der Waals surface area contributed by atoms with E-state index < -0.39 is 17.6 Å².